The maximum atomic E-state index is 12.4. The molecule has 104 valence electrons. The van der Waals surface area contributed by atoms with Crippen LogP contribution < -0.4 is 10.6 Å². The molecule has 0 aliphatic heterocycles. The van der Waals surface area contributed by atoms with Crippen LogP contribution >= 0.6 is 0 Å². The number of nitrogens with one attached hydrogen (secondary N) is 2. The quantitative estimate of drug-likeness (QED) is 0.876. The van der Waals surface area contributed by atoms with E-state index < -0.39 is 0 Å². The van der Waals surface area contributed by atoms with Crippen molar-refractivity contribution in [3.8, 4) is 0 Å². The van der Waals surface area contributed by atoms with Gasteiger partial charge in [0.25, 0.3) is 5.91 Å². The molecule has 0 bridgehead atoms. The number of hydrogen-bond acceptors (Lipinski definition) is 3. The Morgan fingerprint density at radius 2 is 2.21 bits per heavy atom. The SMILES string of the molecule is CCNc1cnccc1C(=O)NC1CCC(C)C1C. The lowest BCUT2D eigenvalue weighted by Gasteiger charge is -2.20. The molecule has 0 saturated heterocycles. The van der Waals surface area contributed by atoms with Gasteiger partial charge in [0.1, 0.15) is 0 Å². The maximum absolute atomic E-state index is 12.4. The summed E-state index contributed by atoms with van der Waals surface area (Å²) in [6.07, 6.45) is 5.65. The van der Waals surface area contributed by atoms with Crippen LogP contribution in [-0.2, 0) is 0 Å². The lowest BCUT2D eigenvalue weighted by Crippen LogP contribution is -2.37. The molecule has 1 aliphatic rings. The Kier molecular flexibility index (Phi) is 4.40. The number of carbonyl (C=O) groups excluding carboxylic acids is 1. The minimum atomic E-state index is 0.00398. The van der Waals surface area contributed by atoms with Crippen LogP contribution in [0.25, 0.3) is 0 Å². The van der Waals surface area contributed by atoms with Crippen molar-refractivity contribution in [1.82, 2.24) is 10.3 Å². The minimum absolute atomic E-state index is 0.00398. The second kappa shape index (κ2) is 6.04. The monoisotopic (exact) mass is 261 g/mol. The van der Waals surface area contributed by atoms with Crippen molar-refractivity contribution in [1.29, 1.82) is 0 Å². The van der Waals surface area contributed by atoms with E-state index in [1.54, 1.807) is 18.5 Å². The second-order valence-corrected chi connectivity index (χ2v) is 5.45. The van der Waals surface area contributed by atoms with Crippen LogP contribution in [-0.4, -0.2) is 23.5 Å². The summed E-state index contributed by atoms with van der Waals surface area (Å²) in [5, 5.41) is 6.35. The van der Waals surface area contributed by atoms with Gasteiger partial charge >= 0.3 is 0 Å². The van der Waals surface area contributed by atoms with Crippen molar-refractivity contribution < 1.29 is 4.79 Å². The first-order chi connectivity index (χ1) is 9.13. The number of amides is 1. The molecule has 1 aromatic heterocycles. The molecule has 4 heteroatoms. The molecule has 1 aromatic rings. The van der Waals surface area contributed by atoms with Crippen LogP contribution in [0.1, 0.15) is 44.0 Å². The zero-order chi connectivity index (χ0) is 13.8. The van der Waals surface area contributed by atoms with E-state index in [2.05, 4.69) is 29.5 Å². The van der Waals surface area contributed by atoms with Gasteiger partial charge in [0.15, 0.2) is 0 Å². The van der Waals surface area contributed by atoms with E-state index in [0.29, 0.717) is 23.4 Å². The first-order valence-electron chi connectivity index (χ1n) is 7.12. The molecule has 2 rings (SSSR count). The smallest absolute Gasteiger partial charge is 0.253 e. The van der Waals surface area contributed by atoms with E-state index in [9.17, 15) is 4.79 Å². The van der Waals surface area contributed by atoms with Crippen molar-refractivity contribution in [3.63, 3.8) is 0 Å². The van der Waals surface area contributed by atoms with E-state index in [1.807, 2.05) is 6.92 Å². The summed E-state index contributed by atoms with van der Waals surface area (Å²) in [5.74, 6) is 1.24. The molecule has 3 unspecified atom stereocenters. The third kappa shape index (κ3) is 3.06. The van der Waals surface area contributed by atoms with Gasteiger partial charge in [-0.15, -0.1) is 0 Å². The van der Waals surface area contributed by atoms with E-state index in [1.165, 1.54) is 6.42 Å². The van der Waals surface area contributed by atoms with Crippen molar-refractivity contribution in [3.05, 3.63) is 24.0 Å². The molecule has 1 amide bonds. The fraction of sp³-hybridized carbons (Fsp3) is 0.600. The molecule has 0 radical (unpaired) electrons. The first-order valence-corrected chi connectivity index (χ1v) is 7.12. The molecule has 3 atom stereocenters. The minimum Gasteiger partial charge on any atom is -0.383 e. The molecule has 4 nitrogen and oxygen atoms in total. The molecule has 1 heterocycles. The molecule has 1 aliphatic carbocycles. The summed E-state index contributed by atoms with van der Waals surface area (Å²) >= 11 is 0. The average molecular weight is 261 g/mol. The van der Waals surface area contributed by atoms with Crippen molar-refractivity contribution in [2.75, 3.05) is 11.9 Å². The van der Waals surface area contributed by atoms with Gasteiger partial charge in [-0.25, -0.2) is 0 Å². The number of aromatic nitrogens is 1. The molecule has 1 fully saturated rings. The van der Waals surface area contributed by atoms with E-state index in [0.717, 1.165) is 18.7 Å². The summed E-state index contributed by atoms with van der Waals surface area (Å²) in [5.41, 5.74) is 1.49. The molecular formula is C15H23N3O. The van der Waals surface area contributed by atoms with Crippen molar-refractivity contribution in [2.24, 2.45) is 11.8 Å². The highest BCUT2D eigenvalue weighted by molar-refractivity contribution is 5.99. The Labute approximate surface area is 115 Å². The van der Waals surface area contributed by atoms with Gasteiger partial charge in [0.05, 0.1) is 17.4 Å². The number of nitrogens with zero attached hydrogens (tertiary/aromatic N) is 1. The van der Waals surface area contributed by atoms with Crippen LogP contribution in [0, 0.1) is 11.8 Å². The Hall–Kier alpha value is -1.58. The van der Waals surface area contributed by atoms with E-state index in [-0.39, 0.29) is 5.91 Å². The predicted molar refractivity (Wildman–Crippen MR) is 77.2 cm³/mol. The van der Waals surface area contributed by atoms with Gasteiger partial charge in [-0.1, -0.05) is 13.8 Å². The highest BCUT2D eigenvalue weighted by atomic mass is 16.1. The highest BCUT2D eigenvalue weighted by Crippen LogP contribution is 2.31. The van der Waals surface area contributed by atoms with E-state index >= 15 is 0 Å². The van der Waals surface area contributed by atoms with Gasteiger partial charge < -0.3 is 10.6 Å². The molecule has 0 spiro atoms. The fourth-order valence-electron chi connectivity index (χ4n) is 2.74. The van der Waals surface area contributed by atoms with Crippen LogP contribution in [0.4, 0.5) is 5.69 Å². The zero-order valence-electron chi connectivity index (χ0n) is 11.9. The van der Waals surface area contributed by atoms with Crippen LogP contribution in [0.5, 0.6) is 0 Å². The second-order valence-electron chi connectivity index (χ2n) is 5.45. The number of anilines is 1. The van der Waals surface area contributed by atoms with Gasteiger partial charge in [-0.2, -0.15) is 0 Å². The number of rotatable bonds is 4. The molecule has 0 aromatic carbocycles. The summed E-state index contributed by atoms with van der Waals surface area (Å²) in [4.78, 5) is 16.4. The fourth-order valence-corrected chi connectivity index (χ4v) is 2.74. The molecule has 1 saturated carbocycles. The predicted octanol–water partition coefficient (Wildman–Crippen LogP) is 2.68. The molecular weight excluding hydrogens is 238 g/mol. The van der Waals surface area contributed by atoms with Crippen LogP contribution in [0.15, 0.2) is 18.5 Å². The largest absolute Gasteiger partial charge is 0.383 e. The first kappa shape index (κ1) is 13.8. The Morgan fingerprint density at radius 3 is 2.84 bits per heavy atom. The van der Waals surface area contributed by atoms with Crippen LogP contribution in [0.2, 0.25) is 0 Å². The Balaban J connectivity index is 2.08. The van der Waals surface area contributed by atoms with Gasteiger partial charge in [-0.3, -0.25) is 9.78 Å². The topological polar surface area (TPSA) is 54.0 Å². The lowest BCUT2D eigenvalue weighted by atomic mass is 9.97. The van der Waals surface area contributed by atoms with Gasteiger partial charge in [-0.05, 0) is 37.7 Å². The third-order valence-corrected chi connectivity index (χ3v) is 4.21. The average Bonchev–Trinajstić information content (AvgIpc) is 2.72. The number of pyridine rings is 1. The van der Waals surface area contributed by atoms with E-state index in [4.69, 9.17) is 0 Å². The van der Waals surface area contributed by atoms with Gasteiger partial charge in [0, 0.05) is 18.8 Å². The molecule has 19 heavy (non-hydrogen) atoms. The summed E-state index contributed by atoms with van der Waals surface area (Å²) < 4.78 is 0. The maximum Gasteiger partial charge on any atom is 0.253 e. The van der Waals surface area contributed by atoms with Gasteiger partial charge in [0.2, 0.25) is 0 Å². The number of carbonyl (C=O) groups is 1. The highest BCUT2D eigenvalue weighted by Gasteiger charge is 2.31. The van der Waals surface area contributed by atoms with Crippen molar-refractivity contribution in [2.45, 2.75) is 39.7 Å². The Morgan fingerprint density at radius 1 is 1.42 bits per heavy atom. The summed E-state index contributed by atoms with van der Waals surface area (Å²) in [6.45, 7) is 7.27. The zero-order valence-corrected chi connectivity index (χ0v) is 11.9. The van der Waals surface area contributed by atoms with Crippen molar-refractivity contribution >= 4 is 11.6 Å². The third-order valence-electron chi connectivity index (χ3n) is 4.21. The number of hydrogen-bond donors (Lipinski definition) is 2. The standard InChI is InChI=1S/C15H23N3O/c1-4-17-14-9-16-8-7-12(14)15(19)18-13-6-5-10(2)11(13)3/h7-11,13,17H,4-6H2,1-3H3,(H,18,19). The Bertz CT molecular complexity index is 447. The summed E-state index contributed by atoms with van der Waals surface area (Å²) in [6, 6.07) is 2.07. The summed E-state index contributed by atoms with van der Waals surface area (Å²) in [7, 11) is 0. The molecule has 2 N–H and O–H groups in total. The lowest BCUT2D eigenvalue weighted by molar-refractivity contribution is 0.0928. The van der Waals surface area contributed by atoms with Crippen LogP contribution in [0.3, 0.4) is 0 Å². The normalized spacial score (nSPS) is 26.2.